The fourth-order valence-electron chi connectivity index (χ4n) is 7.25. The van der Waals surface area contributed by atoms with Crippen LogP contribution in [-0.2, 0) is 28.6 Å². The molecule has 0 fully saturated rings. The predicted molar refractivity (Wildman–Crippen MR) is 233 cm³/mol. The van der Waals surface area contributed by atoms with E-state index in [2.05, 4.69) is 34.6 Å². The number of carbonyl (C=O) groups excluding carboxylic acids is 3. The first kappa shape index (κ1) is 53.4. The Kier molecular flexibility index (Phi) is 40.8. The van der Waals surface area contributed by atoms with Crippen LogP contribution in [0.2, 0.25) is 0 Å². The molecule has 0 aliphatic heterocycles. The summed E-state index contributed by atoms with van der Waals surface area (Å²) < 4.78 is 16.8. The maximum Gasteiger partial charge on any atom is 0.306 e. The summed E-state index contributed by atoms with van der Waals surface area (Å²) in [5.74, 6) is 0.785. The zero-order chi connectivity index (χ0) is 40.5. The van der Waals surface area contributed by atoms with Crippen molar-refractivity contribution in [2.45, 2.75) is 272 Å². The lowest BCUT2D eigenvalue weighted by atomic mass is 9.99. The van der Waals surface area contributed by atoms with Gasteiger partial charge in [-0.15, -0.1) is 0 Å². The fourth-order valence-corrected chi connectivity index (χ4v) is 7.25. The first-order chi connectivity index (χ1) is 26.8. The summed E-state index contributed by atoms with van der Waals surface area (Å²) in [4.78, 5) is 37.8. The van der Waals surface area contributed by atoms with Gasteiger partial charge in [-0.25, -0.2) is 0 Å². The quantitative estimate of drug-likeness (QED) is 0.0348. The minimum absolute atomic E-state index is 0.0648. The molecule has 0 heterocycles. The summed E-state index contributed by atoms with van der Waals surface area (Å²) in [6.45, 7) is 11.3. The Morgan fingerprint density at radius 1 is 0.382 bits per heavy atom. The van der Waals surface area contributed by atoms with Gasteiger partial charge in [0.2, 0.25) is 0 Å². The number of carbonyl (C=O) groups is 3. The van der Waals surface area contributed by atoms with Gasteiger partial charge in [-0.2, -0.15) is 0 Å². The zero-order valence-corrected chi connectivity index (χ0v) is 37.6. The van der Waals surface area contributed by atoms with Gasteiger partial charge < -0.3 is 14.2 Å². The molecule has 0 aromatic heterocycles. The highest BCUT2D eigenvalue weighted by atomic mass is 16.6. The van der Waals surface area contributed by atoms with Gasteiger partial charge in [0.1, 0.15) is 13.2 Å². The van der Waals surface area contributed by atoms with Gasteiger partial charge >= 0.3 is 17.9 Å². The molecule has 55 heavy (non-hydrogen) atoms. The highest BCUT2D eigenvalue weighted by Crippen LogP contribution is 2.17. The van der Waals surface area contributed by atoms with Crippen LogP contribution in [0.3, 0.4) is 0 Å². The first-order valence-corrected chi connectivity index (χ1v) is 24.3. The minimum atomic E-state index is -0.761. The van der Waals surface area contributed by atoms with Crippen molar-refractivity contribution in [3.8, 4) is 0 Å². The molecule has 0 aliphatic rings. The standard InChI is InChI=1S/C49H94O6/c1-6-8-9-10-11-12-13-14-15-16-17-24-29-34-39-47(50)53-42-46(43-54-48(51)40-35-30-25-20-18-22-27-32-37-44(3)4)55-49(52)41-36-31-26-21-19-23-28-33-38-45(5)7-2/h44-46H,6-43H2,1-5H3/t45?,46-/m1/s1. The highest BCUT2D eigenvalue weighted by molar-refractivity contribution is 5.71. The minimum Gasteiger partial charge on any atom is -0.462 e. The Bertz CT molecular complexity index is 841. The van der Waals surface area contributed by atoms with Crippen molar-refractivity contribution in [1.29, 1.82) is 0 Å². The zero-order valence-electron chi connectivity index (χ0n) is 37.6. The van der Waals surface area contributed by atoms with Crippen molar-refractivity contribution in [1.82, 2.24) is 0 Å². The molecule has 2 atom stereocenters. The second-order valence-corrected chi connectivity index (χ2v) is 17.5. The normalized spacial score (nSPS) is 12.5. The largest absolute Gasteiger partial charge is 0.462 e. The molecule has 0 amide bonds. The first-order valence-electron chi connectivity index (χ1n) is 24.3. The molecule has 0 aromatic carbocycles. The van der Waals surface area contributed by atoms with Gasteiger partial charge in [0.05, 0.1) is 0 Å². The van der Waals surface area contributed by atoms with E-state index in [0.29, 0.717) is 19.3 Å². The summed E-state index contributed by atoms with van der Waals surface area (Å²) in [6, 6.07) is 0. The van der Waals surface area contributed by atoms with Crippen LogP contribution in [0.1, 0.15) is 266 Å². The van der Waals surface area contributed by atoms with E-state index in [-0.39, 0.29) is 31.1 Å². The van der Waals surface area contributed by atoms with E-state index >= 15 is 0 Å². The molecule has 0 rings (SSSR count). The molecule has 1 unspecified atom stereocenters. The number of esters is 3. The van der Waals surface area contributed by atoms with Crippen molar-refractivity contribution in [2.75, 3.05) is 13.2 Å². The molecule has 0 saturated heterocycles. The van der Waals surface area contributed by atoms with Gasteiger partial charge in [0.15, 0.2) is 6.10 Å². The smallest absolute Gasteiger partial charge is 0.306 e. The molecule has 0 spiro atoms. The summed E-state index contributed by atoms with van der Waals surface area (Å²) in [5, 5.41) is 0. The van der Waals surface area contributed by atoms with Gasteiger partial charge in [-0.3, -0.25) is 14.4 Å². The fraction of sp³-hybridized carbons (Fsp3) is 0.939. The maximum absolute atomic E-state index is 12.7. The van der Waals surface area contributed by atoms with E-state index < -0.39 is 6.10 Å². The van der Waals surface area contributed by atoms with Crippen LogP contribution < -0.4 is 0 Å². The van der Waals surface area contributed by atoms with Crippen LogP contribution in [0, 0.1) is 11.8 Å². The average molecular weight is 779 g/mol. The van der Waals surface area contributed by atoms with Crippen LogP contribution in [0.4, 0.5) is 0 Å². The van der Waals surface area contributed by atoms with Crippen molar-refractivity contribution in [3.05, 3.63) is 0 Å². The number of hydrogen-bond acceptors (Lipinski definition) is 6. The Hall–Kier alpha value is -1.59. The van der Waals surface area contributed by atoms with E-state index in [9.17, 15) is 14.4 Å². The van der Waals surface area contributed by atoms with Crippen molar-refractivity contribution in [2.24, 2.45) is 11.8 Å². The SMILES string of the molecule is CCCCCCCCCCCCCCCCC(=O)OC[C@H](COC(=O)CCCCCCCCCCC(C)C)OC(=O)CCCCCCCCCCC(C)CC. The van der Waals surface area contributed by atoms with Gasteiger partial charge in [0.25, 0.3) is 0 Å². The summed E-state index contributed by atoms with van der Waals surface area (Å²) in [7, 11) is 0. The lowest BCUT2D eigenvalue weighted by Crippen LogP contribution is -2.30. The van der Waals surface area contributed by atoms with Gasteiger partial charge in [0, 0.05) is 19.3 Å². The second kappa shape index (κ2) is 42.0. The van der Waals surface area contributed by atoms with E-state index in [1.54, 1.807) is 0 Å². The third kappa shape index (κ3) is 41.9. The molecular weight excluding hydrogens is 685 g/mol. The third-order valence-corrected chi connectivity index (χ3v) is 11.3. The molecule has 326 valence electrons. The second-order valence-electron chi connectivity index (χ2n) is 17.5. The molecule has 0 aromatic rings. The number of ether oxygens (including phenoxy) is 3. The monoisotopic (exact) mass is 779 g/mol. The van der Waals surface area contributed by atoms with E-state index in [1.807, 2.05) is 0 Å². The molecule has 0 N–H and O–H groups in total. The van der Waals surface area contributed by atoms with E-state index in [4.69, 9.17) is 14.2 Å². The van der Waals surface area contributed by atoms with Gasteiger partial charge in [-0.05, 0) is 31.1 Å². The number of hydrogen-bond donors (Lipinski definition) is 0. The Morgan fingerprint density at radius 2 is 0.691 bits per heavy atom. The lowest BCUT2D eigenvalue weighted by molar-refractivity contribution is -0.167. The molecule has 6 nitrogen and oxygen atoms in total. The van der Waals surface area contributed by atoms with Crippen molar-refractivity contribution in [3.63, 3.8) is 0 Å². The molecule has 0 bridgehead atoms. The van der Waals surface area contributed by atoms with E-state index in [0.717, 1.165) is 69.6 Å². The van der Waals surface area contributed by atoms with Crippen molar-refractivity contribution < 1.29 is 28.6 Å². The number of unbranched alkanes of at least 4 members (excludes halogenated alkanes) is 27. The average Bonchev–Trinajstić information content (AvgIpc) is 3.17. The summed E-state index contributed by atoms with van der Waals surface area (Å²) in [6.07, 6.45) is 40.8. The molecule has 6 heteroatoms. The van der Waals surface area contributed by atoms with E-state index in [1.165, 1.54) is 154 Å². The maximum atomic E-state index is 12.7. The van der Waals surface area contributed by atoms with Crippen LogP contribution in [0.5, 0.6) is 0 Å². The summed E-state index contributed by atoms with van der Waals surface area (Å²) >= 11 is 0. The van der Waals surface area contributed by atoms with Crippen LogP contribution >= 0.6 is 0 Å². The Labute approximate surface area is 342 Å². The number of rotatable bonds is 43. The summed E-state index contributed by atoms with van der Waals surface area (Å²) in [5.41, 5.74) is 0. The molecule has 0 radical (unpaired) electrons. The third-order valence-electron chi connectivity index (χ3n) is 11.3. The molecule has 0 aliphatic carbocycles. The topological polar surface area (TPSA) is 78.9 Å². The lowest BCUT2D eigenvalue weighted by Gasteiger charge is -2.18. The highest BCUT2D eigenvalue weighted by Gasteiger charge is 2.19. The van der Waals surface area contributed by atoms with Crippen LogP contribution in [0.25, 0.3) is 0 Å². The predicted octanol–water partition coefficient (Wildman–Crippen LogP) is 15.4. The Balaban J connectivity index is 4.33. The molecule has 0 saturated carbocycles. The Morgan fingerprint density at radius 3 is 1.04 bits per heavy atom. The van der Waals surface area contributed by atoms with Crippen molar-refractivity contribution >= 4 is 17.9 Å². The molecular formula is C49H94O6. The van der Waals surface area contributed by atoms with Crippen LogP contribution in [-0.4, -0.2) is 37.2 Å². The van der Waals surface area contributed by atoms with Crippen LogP contribution in [0.15, 0.2) is 0 Å². The van der Waals surface area contributed by atoms with Gasteiger partial charge in [-0.1, -0.05) is 227 Å².